The zero-order valence-electron chi connectivity index (χ0n) is 17.1. The second kappa shape index (κ2) is 10.4. The first-order chi connectivity index (χ1) is 14.0. The molecule has 2 aromatic carbocycles. The van der Waals surface area contributed by atoms with Crippen LogP contribution < -0.4 is 4.74 Å². The number of para-hydroxylation sites is 1. The standard InChI is InChI=1S/C23H29FN2O3/c1-25(14-18-9-11-20(24)12-10-18)23(27)17-26(16-21-7-5-13-29-21)15-19-6-3-4-8-22(19)28-2/h3-4,6,8-12,21H,5,7,13-17H2,1-2H3. The maximum absolute atomic E-state index is 13.1. The average molecular weight is 400 g/mol. The summed E-state index contributed by atoms with van der Waals surface area (Å²) in [5, 5.41) is 0. The van der Waals surface area contributed by atoms with Crippen molar-refractivity contribution in [2.24, 2.45) is 0 Å². The van der Waals surface area contributed by atoms with Gasteiger partial charge >= 0.3 is 0 Å². The van der Waals surface area contributed by atoms with Crippen LogP contribution in [-0.2, 0) is 22.6 Å². The van der Waals surface area contributed by atoms with Crippen molar-refractivity contribution in [1.82, 2.24) is 9.80 Å². The molecule has 1 saturated heterocycles. The maximum atomic E-state index is 13.1. The van der Waals surface area contributed by atoms with Crippen LogP contribution in [0.1, 0.15) is 24.0 Å². The summed E-state index contributed by atoms with van der Waals surface area (Å²) < 4.78 is 24.4. The van der Waals surface area contributed by atoms with Gasteiger partial charge < -0.3 is 14.4 Å². The number of nitrogens with zero attached hydrogens (tertiary/aromatic N) is 2. The Bertz CT molecular complexity index is 791. The predicted molar refractivity (Wildman–Crippen MR) is 110 cm³/mol. The smallest absolute Gasteiger partial charge is 0.236 e. The summed E-state index contributed by atoms with van der Waals surface area (Å²) in [5.74, 6) is 0.557. The molecule has 3 rings (SSSR count). The maximum Gasteiger partial charge on any atom is 0.236 e. The lowest BCUT2D eigenvalue weighted by molar-refractivity contribution is -0.132. The Morgan fingerprint density at radius 3 is 2.62 bits per heavy atom. The Morgan fingerprint density at radius 2 is 1.93 bits per heavy atom. The summed E-state index contributed by atoms with van der Waals surface area (Å²) in [6.45, 7) is 2.83. The van der Waals surface area contributed by atoms with Crippen molar-refractivity contribution >= 4 is 5.91 Å². The largest absolute Gasteiger partial charge is 0.496 e. The number of carbonyl (C=O) groups is 1. The topological polar surface area (TPSA) is 42.0 Å². The van der Waals surface area contributed by atoms with Gasteiger partial charge in [-0.1, -0.05) is 30.3 Å². The van der Waals surface area contributed by atoms with E-state index in [-0.39, 0.29) is 24.4 Å². The van der Waals surface area contributed by atoms with Crippen molar-refractivity contribution in [3.8, 4) is 5.75 Å². The van der Waals surface area contributed by atoms with Gasteiger partial charge in [0.15, 0.2) is 0 Å². The van der Waals surface area contributed by atoms with E-state index >= 15 is 0 Å². The molecule has 0 radical (unpaired) electrons. The number of hydrogen-bond acceptors (Lipinski definition) is 4. The summed E-state index contributed by atoms with van der Waals surface area (Å²) in [6.07, 6.45) is 2.23. The summed E-state index contributed by atoms with van der Waals surface area (Å²) in [5.41, 5.74) is 1.94. The van der Waals surface area contributed by atoms with E-state index in [4.69, 9.17) is 9.47 Å². The van der Waals surface area contributed by atoms with Crippen LogP contribution in [0.25, 0.3) is 0 Å². The fourth-order valence-corrected chi connectivity index (χ4v) is 3.60. The van der Waals surface area contributed by atoms with Gasteiger partial charge in [-0.15, -0.1) is 0 Å². The molecule has 1 heterocycles. The Kier molecular flexibility index (Phi) is 7.61. The number of ether oxygens (including phenoxy) is 2. The van der Waals surface area contributed by atoms with Gasteiger partial charge in [0, 0.05) is 38.9 Å². The third kappa shape index (κ3) is 6.27. The molecule has 0 aliphatic carbocycles. The number of carbonyl (C=O) groups excluding carboxylic acids is 1. The molecule has 156 valence electrons. The number of methoxy groups -OCH3 is 1. The second-order valence-corrected chi connectivity index (χ2v) is 7.49. The Hall–Kier alpha value is -2.44. The summed E-state index contributed by atoms with van der Waals surface area (Å²) >= 11 is 0. The van der Waals surface area contributed by atoms with Gasteiger partial charge in [-0.25, -0.2) is 4.39 Å². The van der Waals surface area contributed by atoms with Gasteiger partial charge in [-0.3, -0.25) is 9.69 Å². The van der Waals surface area contributed by atoms with E-state index in [1.54, 1.807) is 31.2 Å². The van der Waals surface area contributed by atoms with Crippen molar-refractivity contribution in [1.29, 1.82) is 0 Å². The first kappa shape index (κ1) is 21.3. The SMILES string of the molecule is COc1ccccc1CN(CC(=O)N(C)Cc1ccc(F)cc1)CC1CCCO1. The van der Waals surface area contributed by atoms with Crippen molar-refractivity contribution in [2.75, 3.05) is 33.9 Å². The normalized spacial score (nSPS) is 16.2. The predicted octanol–water partition coefficient (Wildman–Crippen LogP) is 3.47. The van der Waals surface area contributed by atoms with Crippen LogP contribution >= 0.6 is 0 Å². The van der Waals surface area contributed by atoms with Gasteiger partial charge in [0.25, 0.3) is 0 Å². The van der Waals surface area contributed by atoms with Crippen molar-refractivity contribution in [3.05, 3.63) is 65.5 Å². The van der Waals surface area contributed by atoms with Crippen LogP contribution in [-0.4, -0.2) is 55.7 Å². The second-order valence-electron chi connectivity index (χ2n) is 7.49. The average Bonchev–Trinajstić information content (AvgIpc) is 3.23. The zero-order chi connectivity index (χ0) is 20.6. The van der Waals surface area contributed by atoms with Crippen LogP contribution in [0.4, 0.5) is 4.39 Å². The molecule has 1 amide bonds. The first-order valence-electron chi connectivity index (χ1n) is 9.99. The van der Waals surface area contributed by atoms with E-state index in [2.05, 4.69) is 4.90 Å². The van der Waals surface area contributed by atoms with Crippen molar-refractivity contribution in [2.45, 2.75) is 32.0 Å². The number of halogens is 1. The number of benzene rings is 2. The van der Waals surface area contributed by atoms with E-state index in [9.17, 15) is 9.18 Å². The van der Waals surface area contributed by atoms with Gasteiger partial charge in [-0.05, 0) is 36.6 Å². The number of amides is 1. The Balaban J connectivity index is 1.66. The molecule has 5 nitrogen and oxygen atoms in total. The minimum absolute atomic E-state index is 0.0159. The molecule has 0 bridgehead atoms. The van der Waals surface area contributed by atoms with Crippen LogP contribution in [0.5, 0.6) is 5.75 Å². The quantitative estimate of drug-likeness (QED) is 0.646. The molecule has 6 heteroatoms. The monoisotopic (exact) mass is 400 g/mol. The lowest BCUT2D eigenvalue weighted by Crippen LogP contribution is -2.41. The lowest BCUT2D eigenvalue weighted by Gasteiger charge is -2.27. The van der Waals surface area contributed by atoms with Crippen LogP contribution in [0.3, 0.4) is 0 Å². The molecule has 1 aliphatic heterocycles. The Morgan fingerprint density at radius 1 is 1.17 bits per heavy atom. The van der Waals surface area contributed by atoms with E-state index in [1.807, 2.05) is 24.3 Å². The van der Waals surface area contributed by atoms with Gasteiger partial charge in [0.2, 0.25) is 5.91 Å². The fourth-order valence-electron chi connectivity index (χ4n) is 3.60. The molecule has 2 aromatic rings. The lowest BCUT2D eigenvalue weighted by atomic mass is 10.1. The van der Waals surface area contributed by atoms with Gasteiger partial charge in [0.05, 0.1) is 19.8 Å². The minimum atomic E-state index is -0.276. The van der Waals surface area contributed by atoms with Crippen LogP contribution in [0, 0.1) is 5.82 Å². The van der Waals surface area contributed by atoms with E-state index in [0.717, 1.165) is 36.3 Å². The molecule has 1 unspecified atom stereocenters. The van der Waals surface area contributed by atoms with E-state index in [1.165, 1.54) is 12.1 Å². The number of hydrogen-bond donors (Lipinski definition) is 0. The third-order valence-electron chi connectivity index (χ3n) is 5.19. The van der Waals surface area contributed by atoms with Gasteiger partial charge in [-0.2, -0.15) is 0 Å². The summed E-state index contributed by atoms with van der Waals surface area (Å²) in [7, 11) is 3.43. The summed E-state index contributed by atoms with van der Waals surface area (Å²) in [6, 6.07) is 14.1. The third-order valence-corrected chi connectivity index (χ3v) is 5.19. The number of rotatable bonds is 9. The van der Waals surface area contributed by atoms with Crippen molar-refractivity contribution < 1.29 is 18.7 Å². The van der Waals surface area contributed by atoms with Crippen LogP contribution in [0.2, 0.25) is 0 Å². The highest BCUT2D eigenvalue weighted by molar-refractivity contribution is 5.78. The van der Waals surface area contributed by atoms with Gasteiger partial charge in [0.1, 0.15) is 11.6 Å². The molecule has 0 aromatic heterocycles. The molecular formula is C23H29FN2O3. The number of likely N-dealkylation sites (N-methyl/N-ethyl adjacent to an activating group) is 1. The molecule has 0 saturated carbocycles. The molecule has 29 heavy (non-hydrogen) atoms. The van der Waals surface area contributed by atoms with E-state index in [0.29, 0.717) is 19.6 Å². The molecule has 0 spiro atoms. The molecule has 1 aliphatic rings. The fraction of sp³-hybridized carbons (Fsp3) is 0.435. The van der Waals surface area contributed by atoms with Crippen molar-refractivity contribution in [3.63, 3.8) is 0 Å². The van der Waals surface area contributed by atoms with E-state index < -0.39 is 0 Å². The molecular weight excluding hydrogens is 371 g/mol. The minimum Gasteiger partial charge on any atom is -0.496 e. The highest BCUT2D eigenvalue weighted by atomic mass is 19.1. The zero-order valence-corrected chi connectivity index (χ0v) is 17.1. The molecule has 1 fully saturated rings. The Labute approximate surface area is 172 Å². The highest BCUT2D eigenvalue weighted by Crippen LogP contribution is 2.21. The molecule has 1 atom stereocenters. The molecule has 0 N–H and O–H groups in total. The summed E-state index contributed by atoms with van der Waals surface area (Å²) in [4.78, 5) is 16.7. The van der Waals surface area contributed by atoms with Crippen LogP contribution in [0.15, 0.2) is 48.5 Å². The first-order valence-corrected chi connectivity index (χ1v) is 9.99. The highest BCUT2D eigenvalue weighted by Gasteiger charge is 2.23.